The van der Waals surface area contributed by atoms with Crippen LogP contribution in [0.15, 0.2) is 0 Å². The number of hydrogen-bond donors (Lipinski definition) is 1. The summed E-state index contributed by atoms with van der Waals surface area (Å²) in [7, 11) is 0. The second-order valence-corrected chi connectivity index (χ2v) is 6.61. The summed E-state index contributed by atoms with van der Waals surface area (Å²) in [5.41, 5.74) is -0.374. The molecule has 2 rings (SSSR count). The summed E-state index contributed by atoms with van der Waals surface area (Å²) < 4.78 is 0. The van der Waals surface area contributed by atoms with Crippen LogP contribution in [-0.4, -0.2) is 11.1 Å². The average Bonchev–Trinajstić information content (AvgIpc) is 2.30. The van der Waals surface area contributed by atoms with Crippen molar-refractivity contribution >= 4 is 5.97 Å². The lowest BCUT2D eigenvalue weighted by Crippen LogP contribution is -2.43. The Hall–Kier alpha value is -0.530. The van der Waals surface area contributed by atoms with Crippen LogP contribution in [0.4, 0.5) is 0 Å². The maximum atomic E-state index is 11.8. The lowest BCUT2D eigenvalue weighted by Gasteiger charge is -2.44. The van der Waals surface area contributed by atoms with Crippen LogP contribution in [0, 0.1) is 23.2 Å². The maximum Gasteiger partial charge on any atom is 0.309 e. The smallest absolute Gasteiger partial charge is 0.309 e. The van der Waals surface area contributed by atoms with Crippen LogP contribution in [0.5, 0.6) is 0 Å². The Bertz CT molecular complexity index is 277. The third-order valence-electron chi connectivity index (χ3n) is 5.31. The zero-order valence-electron chi connectivity index (χ0n) is 11.2. The van der Waals surface area contributed by atoms with Gasteiger partial charge in [-0.15, -0.1) is 0 Å². The Morgan fingerprint density at radius 1 is 1.06 bits per heavy atom. The van der Waals surface area contributed by atoms with E-state index in [1.54, 1.807) is 0 Å². The van der Waals surface area contributed by atoms with E-state index in [2.05, 4.69) is 13.8 Å². The molecule has 0 bridgehead atoms. The zero-order chi connectivity index (χ0) is 12.5. The molecular formula is C15H26O2. The van der Waals surface area contributed by atoms with Crippen LogP contribution in [0.3, 0.4) is 0 Å². The highest BCUT2D eigenvalue weighted by atomic mass is 16.4. The first kappa shape index (κ1) is 12.9. The predicted octanol–water partition coefficient (Wildman–Crippen LogP) is 4.09. The first-order valence-corrected chi connectivity index (χ1v) is 7.28. The molecule has 2 aliphatic rings. The molecule has 0 aromatic heterocycles. The van der Waals surface area contributed by atoms with Gasteiger partial charge in [-0.2, -0.15) is 0 Å². The molecule has 2 nitrogen and oxygen atoms in total. The summed E-state index contributed by atoms with van der Waals surface area (Å²) in [5.74, 6) is 1.38. The molecule has 2 aliphatic carbocycles. The molecule has 1 N–H and O–H groups in total. The minimum Gasteiger partial charge on any atom is -0.481 e. The molecule has 0 heterocycles. The highest BCUT2D eigenvalue weighted by Gasteiger charge is 2.47. The topological polar surface area (TPSA) is 37.3 Å². The van der Waals surface area contributed by atoms with Crippen LogP contribution >= 0.6 is 0 Å². The second kappa shape index (κ2) is 4.99. The van der Waals surface area contributed by atoms with Gasteiger partial charge in [0.25, 0.3) is 0 Å². The quantitative estimate of drug-likeness (QED) is 0.786. The van der Waals surface area contributed by atoms with Gasteiger partial charge >= 0.3 is 5.97 Å². The molecule has 2 unspecified atom stereocenters. The van der Waals surface area contributed by atoms with E-state index in [0.29, 0.717) is 5.92 Å². The van der Waals surface area contributed by atoms with Crippen molar-refractivity contribution in [2.45, 2.75) is 65.2 Å². The minimum absolute atomic E-state index is 0.374. The normalized spacial score (nSPS) is 43.3. The van der Waals surface area contributed by atoms with E-state index in [0.717, 1.165) is 50.4 Å². The van der Waals surface area contributed by atoms with Crippen LogP contribution in [0.1, 0.15) is 65.2 Å². The SMILES string of the molecule is CC1CCC(C(=O)O)(C2CCCC(C)C2)CC1. The van der Waals surface area contributed by atoms with E-state index < -0.39 is 5.97 Å². The number of carboxylic acids is 1. The lowest BCUT2D eigenvalue weighted by atomic mass is 9.59. The molecule has 2 atom stereocenters. The van der Waals surface area contributed by atoms with Crippen molar-refractivity contribution in [1.29, 1.82) is 0 Å². The molecule has 2 heteroatoms. The van der Waals surface area contributed by atoms with Crippen molar-refractivity contribution in [3.63, 3.8) is 0 Å². The van der Waals surface area contributed by atoms with Crippen LogP contribution in [0.25, 0.3) is 0 Å². The highest BCUT2D eigenvalue weighted by molar-refractivity contribution is 5.75. The third-order valence-corrected chi connectivity index (χ3v) is 5.31. The summed E-state index contributed by atoms with van der Waals surface area (Å²) in [6.07, 6.45) is 8.86. The standard InChI is InChI=1S/C15H26O2/c1-11-6-8-15(9-7-11,14(16)17)13-5-3-4-12(2)10-13/h11-13H,3-10H2,1-2H3,(H,16,17). The number of carbonyl (C=O) groups is 1. The predicted molar refractivity (Wildman–Crippen MR) is 68.8 cm³/mol. The average molecular weight is 238 g/mol. The van der Waals surface area contributed by atoms with Crippen LogP contribution < -0.4 is 0 Å². The molecule has 17 heavy (non-hydrogen) atoms. The second-order valence-electron chi connectivity index (χ2n) is 6.61. The fraction of sp³-hybridized carbons (Fsp3) is 0.933. The van der Waals surface area contributed by atoms with Gasteiger partial charge in [0.15, 0.2) is 0 Å². The van der Waals surface area contributed by atoms with E-state index in [-0.39, 0.29) is 5.41 Å². The van der Waals surface area contributed by atoms with E-state index in [4.69, 9.17) is 0 Å². The van der Waals surface area contributed by atoms with Gasteiger partial charge in [0.1, 0.15) is 0 Å². The van der Waals surface area contributed by atoms with Crippen LogP contribution in [0.2, 0.25) is 0 Å². The van der Waals surface area contributed by atoms with Crippen molar-refractivity contribution in [2.24, 2.45) is 23.2 Å². The molecule has 0 aromatic rings. The molecule has 0 spiro atoms. The van der Waals surface area contributed by atoms with E-state index in [9.17, 15) is 9.90 Å². The Morgan fingerprint density at radius 3 is 2.24 bits per heavy atom. The maximum absolute atomic E-state index is 11.8. The fourth-order valence-corrected chi connectivity index (χ4v) is 4.01. The molecule has 0 saturated heterocycles. The van der Waals surface area contributed by atoms with Gasteiger partial charge in [-0.1, -0.05) is 26.7 Å². The van der Waals surface area contributed by atoms with Gasteiger partial charge in [0.05, 0.1) is 5.41 Å². The Balaban J connectivity index is 2.13. The monoisotopic (exact) mass is 238 g/mol. The van der Waals surface area contributed by atoms with Crippen molar-refractivity contribution in [1.82, 2.24) is 0 Å². The third kappa shape index (κ3) is 2.51. The summed E-state index contributed by atoms with van der Waals surface area (Å²) in [4.78, 5) is 11.8. The van der Waals surface area contributed by atoms with Crippen LogP contribution in [-0.2, 0) is 4.79 Å². The molecule has 98 valence electrons. The van der Waals surface area contributed by atoms with Gasteiger partial charge < -0.3 is 5.11 Å². The molecule has 0 amide bonds. The summed E-state index contributed by atoms with van der Waals surface area (Å²) in [6, 6.07) is 0. The Kier molecular flexibility index (Phi) is 3.79. The van der Waals surface area contributed by atoms with E-state index in [1.165, 1.54) is 12.8 Å². The summed E-state index contributed by atoms with van der Waals surface area (Å²) in [5, 5.41) is 9.71. The van der Waals surface area contributed by atoms with E-state index in [1.807, 2.05) is 0 Å². The molecule has 0 aromatic carbocycles. The number of carboxylic acid groups (broad SMARTS) is 1. The molecular weight excluding hydrogens is 212 g/mol. The first-order chi connectivity index (χ1) is 8.04. The first-order valence-electron chi connectivity index (χ1n) is 7.28. The van der Waals surface area contributed by atoms with Gasteiger partial charge in [0.2, 0.25) is 0 Å². The summed E-state index contributed by atoms with van der Waals surface area (Å²) >= 11 is 0. The number of hydrogen-bond acceptors (Lipinski definition) is 1. The molecule has 0 aliphatic heterocycles. The lowest BCUT2D eigenvalue weighted by molar-refractivity contribution is -0.157. The fourth-order valence-electron chi connectivity index (χ4n) is 4.01. The Labute approximate surface area is 105 Å². The molecule has 2 fully saturated rings. The summed E-state index contributed by atoms with van der Waals surface area (Å²) in [6.45, 7) is 4.54. The largest absolute Gasteiger partial charge is 0.481 e. The van der Waals surface area contributed by atoms with Crippen molar-refractivity contribution < 1.29 is 9.90 Å². The van der Waals surface area contributed by atoms with Crippen molar-refractivity contribution in [2.75, 3.05) is 0 Å². The van der Waals surface area contributed by atoms with E-state index >= 15 is 0 Å². The Morgan fingerprint density at radius 2 is 1.71 bits per heavy atom. The van der Waals surface area contributed by atoms with Gasteiger partial charge in [-0.05, 0) is 56.3 Å². The van der Waals surface area contributed by atoms with Gasteiger partial charge in [-0.25, -0.2) is 0 Å². The molecule has 2 saturated carbocycles. The van der Waals surface area contributed by atoms with Gasteiger partial charge in [0, 0.05) is 0 Å². The number of rotatable bonds is 2. The minimum atomic E-state index is -0.511. The van der Waals surface area contributed by atoms with Crippen molar-refractivity contribution in [3.8, 4) is 0 Å². The highest BCUT2D eigenvalue weighted by Crippen LogP contribution is 2.50. The number of aliphatic carboxylic acids is 1. The molecule has 0 radical (unpaired) electrons. The van der Waals surface area contributed by atoms with Gasteiger partial charge in [-0.3, -0.25) is 4.79 Å². The van der Waals surface area contributed by atoms with Crippen molar-refractivity contribution in [3.05, 3.63) is 0 Å². The zero-order valence-corrected chi connectivity index (χ0v) is 11.2.